The van der Waals surface area contributed by atoms with Crippen molar-refractivity contribution in [3.8, 4) is 0 Å². The van der Waals surface area contributed by atoms with E-state index in [1.165, 1.54) is 12.7 Å². The van der Waals surface area contributed by atoms with Crippen molar-refractivity contribution in [2.75, 3.05) is 12.8 Å². The third-order valence-electron chi connectivity index (χ3n) is 3.15. The second kappa shape index (κ2) is 3.96. The highest BCUT2D eigenvalue weighted by atomic mass is 32.2. The van der Waals surface area contributed by atoms with Gasteiger partial charge >= 0.3 is 0 Å². The fraction of sp³-hybridized carbons (Fsp3) is 1.00. The highest BCUT2D eigenvalue weighted by molar-refractivity contribution is 7.92. The molecule has 1 fully saturated rings. The number of hydrogen-bond acceptors (Lipinski definition) is 3. The van der Waals surface area contributed by atoms with Gasteiger partial charge in [-0.3, -0.25) is 0 Å². The van der Waals surface area contributed by atoms with Gasteiger partial charge in [0.2, 0.25) is 0 Å². The van der Waals surface area contributed by atoms with Gasteiger partial charge in [-0.15, -0.1) is 0 Å². The molecule has 1 saturated carbocycles. The maximum absolute atomic E-state index is 11.6. The van der Waals surface area contributed by atoms with Crippen molar-refractivity contribution in [2.45, 2.75) is 43.3 Å². The van der Waals surface area contributed by atoms with Gasteiger partial charge in [0.25, 0.3) is 0 Å². The lowest BCUT2D eigenvalue weighted by molar-refractivity contribution is 0.359. The van der Waals surface area contributed by atoms with E-state index < -0.39 is 14.6 Å². The van der Waals surface area contributed by atoms with Crippen molar-refractivity contribution in [2.24, 2.45) is 5.73 Å². The summed E-state index contributed by atoms with van der Waals surface area (Å²) in [6, 6.07) is 0. The van der Waals surface area contributed by atoms with Crippen molar-refractivity contribution in [3.63, 3.8) is 0 Å². The highest BCUT2D eigenvalue weighted by Crippen LogP contribution is 2.37. The summed E-state index contributed by atoms with van der Waals surface area (Å²) in [5.41, 5.74) is 5.48. The van der Waals surface area contributed by atoms with Crippen LogP contribution in [0.2, 0.25) is 0 Å². The van der Waals surface area contributed by atoms with E-state index in [9.17, 15) is 8.42 Å². The molecule has 0 aliphatic heterocycles. The highest BCUT2D eigenvalue weighted by Gasteiger charge is 2.40. The molecule has 0 heterocycles. The third-order valence-corrected chi connectivity index (χ3v) is 5.34. The van der Waals surface area contributed by atoms with E-state index in [-0.39, 0.29) is 0 Å². The molecule has 0 aromatic carbocycles. The van der Waals surface area contributed by atoms with E-state index in [0.29, 0.717) is 13.0 Å². The van der Waals surface area contributed by atoms with Gasteiger partial charge in [0.15, 0.2) is 9.84 Å². The fourth-order valence-electron chi connectivity index (χ4n) is 2.27. The van der Waals surface area contributed by atoms with Crippen molar-refractivity contribution in [1.29, 1.82) is 0 Å². The molecule has 78 valence electrons. The van der Waals surface area contributed by atoms with Crippen LogP contribution in [0.1, 0.15) is 38.5 Å². The van der Waals surface area contributed by atoms with Crippen LogP contribution in [0.3, 0.4) is 0 Å². The van der Waals surface area contributed by atoms with Gasteiger partial charge in [-0.1, -0.05) is 19.3 Å². The summed E-state index contributed by atoms with van der Waals surface area (Å²) in [7, 11) is -2.93. The average molecular weight is 205 g/mol. The van der Waals surface area contributed by atoms with Crippen LogP contribution in [-0.2, 0) is 9.84 Å². The summed E-state index contributed by atoms with van der Waals surface area (Å²) in [6.07, 6.45) is 6.84. The van der Waals surface area contributed by atoms with Gasteiger partial charge in [0.05, 0.1) is 4.75 Å². The second-order valence-corrected chi connectivity index (χ2v) is 6.46. The first-order chi connectivity index (χ1) is 6.02. The molecule has 2 N–H and O–H groups in total. The van der Waals surface area contributed by atoms with Gasteiger partial charge in [0.1, 0.15) is 0 Å². The SMILES string of the molecule is CS(=O)(=O)C1(CCN)CCCCC1. The molecule has 13 heavy (non-hydrogen) atoms. The zero-order valence-corrected chi connectivity index (χ0v) is 9.07. The van der Waals surface area contributed by atoms with Gasteiger partial charge < -0.3 is 5.73 Å². The molecule has 4 heteroatoms. The summed E-state index contributed by atoms with van der Waals surface area (Å²) in [4.78, 5) is 0. The molecule has 0 amide bonds. The van der Waals surface area contributed by atoms with Crippen molar-refractivity contribution in [3.05, 3.63) is 0 Å². The lowest BCUT2D eigenvalue weighted by Gasteiger charge is -2.35. The summed E-state index contributed by atoms with van der Waals surface area (Å²) in [5.74, 6) is 0. The Morgan fingerprint density at radius 1 is 1.23 bits per heavy atom. The molecule has 0 aromatic heterocycles. The Kier molecular flexibility index (Phi) is 3.35. The lowest BCUT2D eigenvalue weighted by atomic mass is 9.86. The zero-order chi connectivity index (χ0) is 9.95. The Morgan fingerprint density at radius 3 is 2.15 bits per heavy atom. The largest absolute Gasteiger partial charge is 0.330 e. The Balaban J connectivity index is 2.86. The predicted octanol–water partition coefficient (Wildman–Crippen LogP) is 1.08. The molecular formula is C9H19NO2S. The monoisotopic (exact) mass is 205 g/mol. The normalized spacial score (nSPS) is 22.9. The number of sulfone groups is 1. The zero-order valence-electron chi connectivity index (χ0n) is 8.25. The van der Waals surface area contributed by atoms with Crippen LogP contribution in [0.5, 0.6) is 0 Å². The van der Waals surface area contributed by atoms with Crippen LogP contribution < -0.4 is 5.73 Å². The van der Waals surface area contributed by atoms with Gasteiger partial charge in [0, 0.05) is 6.26 Å². The number of nitrogens with two attached hydrogens (primary N) is 1. The topological polar surface area (TPSA) is 60.2 Å². The molecule has 3 nitrogen and oxygen atoms in total. The maximum atomic E-state index is 11.6. The Hall–Kier alpha value is -0.0900. The van der Waals surface area contributed by atoms with E-state index in [1.54, 1.807) is 0 Å². The first-order valence-electron chi connectivity index (χ1n) is 4.91. The van der Waals surface area contributed by atoms with Crippen LogP contribution in [0.15, 0.2) is 0 Å². The van der Waals surface area contributed by atoms with Crippen LogP contribution in [0.25, 0.3) is 0 Å². The Bertz CT molecular complexity index is 247. The van der Waals surface area contributed by atoms with Crippen molar-refractivity contribution < 1.29 is 8.42 Å². The van der Waals surface area contributed by atoms with E-state index in [4.69, 9.17) is 5.73 Å². The van der Waals surface area contributed by atoms with Crippen molar-refractivity contribution >= 4 is 9.84 Å². The fourth-order valence-corrected chi connectivity index (χ4v) is 3.78. The van der Waals surface area contributed by atoms with E-state index in [2.05, 4.69) is 0 Å². The number of rotatable bonds is 3. The summed E-state index contributed by atoms with van der Waals surface area (Å²) >= 11 is 0. The van der Waals surface area contributed by atoms with Crippen LogP contribution in [-0.4, -0.2) is 26.0 Å². The molecule has 0 radical (unpaired) electrons. The molecule has 0 saturated heterocycles. The minimum absolute atomic E-state index is 0.479. The molecular weight excluding hydrogens is 186 g/mol. The second-order valence-electron chi connectivity index (χ2n) is 4.05. The summed E-state index contributed by atoms with van der Waals surface area (Å²) in [5, 5.41) is 0. The number of hydrogen-bond donors (Lipinski definition) is 1. The minimum Gasteiger partial charge on any atom is -0.330 e. The average Bonchev–Trinajstić information content (AvgIpc) is 2.04. The first kappa shape index (κ1) is 11.0. The van der Waals surface area contributed by atoms with Crippen LogP contribution in [0, 0.1) is 0 Å². The lowest BCUT2D eigenvalue weighted by Crippen LogP contribution is -2.41. The predicted molar refractivity (Wildman–Crippen MR) is 54.3 cm³/mol. The minimum atomic E-state index is -2.93. The Labute approximate surface area is 80.6 Å². The Morgan fingerprint density at radius 2 is 1.77 bits per heavy atom. The van der Waals surface area contributed by atoms with Crippen LogP contribution in [0.4, 0.5) is 0 Å². The first-order valence-corrected chi connectivity index (χ1v) is 6.81. The third kappa shape index (κ3) is 2.23. The van der Waals surface area contributed by atoms with Gasteiger partial charge in [-0.2, -0.15) is 0 Å². The quantitative estimate of drug-likeness (QED) is 0.750. The molecule has 0 atom stereocenters. The maximum Gasteiger partial charge on any atom is 0.153 e. The molecule has 0 bridgehead atoms. The smallest absolute Gasteiger partial charge is 0.153 e. The summed E-state index contributed by atoms with van der Waals surface area (Å²) in [6.45, 7) is 0.479. The molecule has 0 spiro atoms. The molecule has 1 aliphatic rings. The molecule has 1 aliphatic carbocycles. The van der Waals surface area contributed by atoms with E-state index >= 15 is 0 Å². The standard InChI is InChI=1S/C9H19NO2S/c1-13(11,12)9(7-8-10)5-3-2-4-6-9/h2-8,10H2,1H3. The summed E-state index contributed by atoms with van der Waals surface area (Å²) < 4.78 is 22.8. The molecule has 0 aromatic rings. The van der Waals surface area contributed by atoms with Gasteiger partial charge in [-0.05, 0) is 25.8 Å². The molecule has 0 unspecified atom stereocenters. The molecule has 1 rings (SSSR count). The van der Waals surface area contributed by atoms with E-state index in [0.717, 1.165) is 25.7 Å². The van der Waals surface area contributed by atoms with Gasteiger partial charge in [-0.25, -0.2) is 8.42 Å². The van der Waals surface area contributed by atoms with Crippen LogP contribution >= 0.6 is 0 Å². The van der Waals surface area contributed by atoms with E-state index in [1.807, 2.05) is 0 Å². The van der Waals surface area contributed by atoms with Crippen molar-refractivity contribution in [1.82, 2.24) is 0 Å².